The van der Waals surface area contributed by atoms with Crippen LogP contribution < -0.4 is 10.9 Å². The van der Waals surface area contributed by atoms with Crippen LogP contribution in [0, 0.1) is 18.8 Å². The number of nitrogens with one attached hydrogen (secondary N) is 2. The van der Waals surface area contributed by atoms with Crippen molar-refractivity contribution in [3.63, 3.8) is 0 Å². The third-order valence-electron chi connectivity index (χ3n) is 4.47. The Morgan fingerprint density at radius 3 is 2.56 bits per heavy atom. The number of H-pyrrole nitrogens is 1. The van der Waals surface area contributed by atoms with Crippen molar-refractivity contribution < 1.29 is 0 Å². The molecule has 0 atom stereocenters. The van der Waals surface area contributed by atoms with E-state index in [-0.39, 0.29) is 16.6 Å². The molecule has 2 heterocycles. The summed E-state index contributed by atoms with van der Waals surface area (Å²) in [4.78, 5) is 12.8. The zero-order chi connectivity index (χ0) is 20.0. The highest BCUT2D eigenvalue weighted by molar-refractivity contribution is 6.04. The first kappa shape index (κ1) is 19.2. The Bertz CT molecular complexity index is 1130. The fourth-order valence-electron chi connectivity index (χ4n) is 3.68. The van der Waals surface area contributed by atoms with E-state index in [2.05, 4.69) is 62.0 Å². The lowest BCUT2D eigenvalue weighted by atomic mass is 9.99. The summed E-state index contributed by atoms with van der Waals surface area (Å²) in [5.74, 6) is 6.62. The quantitative estimate of drug-likeness (QED) is 0.681. The van der Waals surface area contributed by atoms with E-state index in [1.807, 2.05) is 32.0 Å². The van der Waals surface area contributed by atoms with Gasteiger partial charge in [-0.1, -0.05) is 11.8 Å². The lowest BCUT2D eigenvalue weighted by Gasteiger charge is -2.30. The average Bonchev–Trinajstić information content (AvgIpc) is 2.94. The van der Waals surface area contributed by atoms with Crippen molar-refractivity contribution >= 4 is 21.8 Å². The second-order valence-corrected chi connectivity index (χ2v) is 8.60. The van der Waals surface area contributed by atoms with Crippen molar-refractivity contribution in [1.29, 1.82) is 0 Å². The van der Waals surface area contributed by atoms with Gasteiger partial charge in [0.1, 0.15) is 5.52 Å². The fourth-order valence-corrected chi connectivity index (χ4v) is 3.68. The first-order valence-electron chi connectivity index (χ1n) is 9.36. The maximum Gasteiger partial charge on any atom is 0.262 e. The number of benzene rings is 1. The Morgan fingerprint density at radius 1 is 1.22 bits per heavy atom. The monoisotopic (exact) mass is 364 g/mol. The van der Waals surface area contributed by atoms with Gasteiger partial charge in [0.2, 0.25) is 0 Å². The van der Waals surface area contributed by atoms with Crippen LogP contribution in [0.2, 0.25) is 0 Å². The average molecular weight is 364 g/mol. The van der Waals surface area contributed by atoms with Crippen molar-refractivity contribution in [2.75, 3.05) is 0 Å². The van der Waals surface area contributed by atoms with E-state index in [1.165, 1.54) is 0 Å². The minimum atomic E-state index is -0.312. The molecule has 3 aromatic rings. The van der Waals surface area contributed by atoms with Crippen LogP contribution in [0.4, 0.5) is 0 Å². The molecule has 0 saturated carbocycles. The molecule has 0 saturated heterocycles. The van der Waals surface area contributed by atoms with Crippen LogP contribution in [0.15, 0.2) is 23.0 Å². The molecular formula is C22H28N4O. The highest BCUT2D eigenvalue weighted by atomic mass is 16.1. The number of aromatic amines is 1. The second-order valence-electron chi connectivity index (χ2n) is 8.60. The van der Waals surface area contributed by atoms with Gasteiger partial charge < -0.3 is 4.57 Å². The SMILES string of the molecule is CCn1c(=O)c2c(C)[nH]nc2c2cc(C#CC(C)(C)NC(C)(C)C)ccc21. The number of nitrogens with zero attached hydrogens (tertiary/aromatic N) is 2. The van der Waals surface area contributed by atoms with Crippen molar-refractivity contribution in [3.8, 4) is 11.8 Å². The molecule has 0 radical (unpaired) electrons. The normalized spacial score (nSPS) is 12.4. The van der Waals surface area contributed by atoms with Gasteiger partial charge in [-0.25, -0.2) is 0 Å². The van der Waals surface area contributed by atoms with Gasteiger partial charge in [0.15, 0.2) is 0 Å². The molecule has 2 aromatic heterocycles. The molecule has 5 nitrogen and oxygen atoms in total. The van der Waals surface area contributed by atoms with Crippen molar-refractivity contribution in [2.24, 2.45) is 0 Å². The Morgan fingerprint density at radius 2 is 1.93 bits per heavy atom. The molecule has 5 heteroatoms. The third-order valence-corrected chi connectivity index (χ3v) is 4.47. The topological polar surface area (TPSA) is 62.7 Å². The molecule has 0 aliphatic rings. The van der Waals surface area contributed by atoms with Crippen LogP contribution in [0.3, 0.4) is 0 Å². The molecule has 0 amide bonds. The van der Waals surface area contributed by atoms with E-state index >= 15 is 0 Å². The highest BCUT2D eigenvalue weighted by Crippen LogP contribution is 2.24. The van der Waals surface area contributed by atoms with E-state index < -0.39 is 0 Å². The molecule has 0 spiro atoms. The van der Waals surface area contributed by atoms with Crippen molar-refractivity contribution in [3.05, 3.63) is 39.8 Å². The van der Waals surface area contributed by atoms with Gasteiger partial charge >= 0.3 is 0 Å². The van der Waals surface area contributed by atoms with Gasteiger partial charge in [-0.3, -0.25) is 15.2 Å². The molecule has 2 N–H and O–H groups in total. The smallest absolute Gasteiger partial charge is 0.262 e. The number of aryl methyl sites for hydroxylation is 2. The Hall–Kier alpha value is -2.58. The second kappa shape index (κ2) is 6.54. The Kier molecular flexibility index (Phi) is 4.65. The van der Waals surface area contributed by atoms with Crippen LogP contribution in [-0.4, -0.2) is 25.8 Å². The predicted molar refractivity (Wildman–Crippen MR) is 112 cm³/mol. The number of hydrogen-bond donors (Lipinski definition) is 2. The number of rotatable bonds is 2. The fraction of sp³-hybridized carbons (Fsp3) is 0.455. The first-order valence-corrected chi connectivity index (χ1v) is 9.36. The van der Waals surface area contributed by atoms with E-state index in [9.17, 15) is 4.79 Å². The minimum absolute atomic E-state index is 0.000551. The van der Waals surface area contributed by atoms with Gasteiger partial charge in [0, 0.05) is 28.7 Å². The van der Waals surface area contributed by atoms with E-state index in [4.69, 9.17) is 0 Å². The van der Waals surface area contributed by atoms with Crippen LogP contribution in [0.1, 0.15) is 52.8 Å². The highest BCUT2D eigenvalue weighted by Gasteiger charge is 2.21. The van der Waals surface area contributed by atoms with Gasteiger partial charge in [0.25, 0.3) is 5.56 Å². The molecule has 27 heavy (non-hydrogen) atoms. The summed E-state index contributed by atoms with van der Waals surface area (Å²) in [6, 6.07) is 5.97. The summed E-state index contributed by atoms with van der Waals surface area (Å²) in [7, 11) is 0. The predicted octanol–water partition coefficient (Wildman–Crippen LogP) is 3.72. The molecule has 0 aliphatic carbocycles. The lowest BCUT2D eigenvalue weighted by molar-refractivity contribution is 0.338. The van der Waals surface area contributed by atoms with Crippen LogP contribution in [0.5, 0.6) is 0 Å². The number of aromatic nitrogens is 3. The van der Waals surface area contributed by atoms with Gasteiger partial charge in [-0.15, -0.1) is 0 Å². The maximum absolute atomic E-state index is 12.8. The summed E-state index contributed by atoms with van der Waals surface area (Å²) < 4.78 is 1.79. The van der Waals surface area contributed by atoms with E-state index in [1.54, 1.807) is 4.57 Å². The van der Waals surface area contributed by atoms with Gasteiger partial charge in [-0.05, 0) is 66.7 Å². The molecule has 0 bridgehead atoms. The maximum atomic E-state index is 12.8. The first-order chi connectivity index (χ1) is 12.5. The largest absolute Gasteiger partial charge is 0.308 e. The van der Waals surface area contributed by atoms with Crippen LogP contribution in [-0.2, 0) is 6.54 Å². The number of fused-ring (bicyclic) bond motifs is 3. The summed E-state index contributed by atoms with van der Waals surface area (Å²) in [6.45, 7) is 15.0. The minimum Gasteiger partial charge on any atom is -0.308 e. The lowest BCUT2D eigenvalue weighted by Crippen LogP contribution is -2.49. The molecule has 3 rings (SSSR count). The summed E-state index contributed by atoms with van der Waals surface area (Å²) >= 11 is 0. The van der Waals surface area contributed by atoms with Crippen LogP contribution >= 0.6 is 0 Å². The van der Waals surface area contributed by atoms with E-state index in [0.717, 1.165) is 22.2 Å². The molecule has 0 aliphatic heterocycles. The van der Waals surface area contributed by atoms with Gasteiger partial charge in [0.05, 0.1) is 16.4 Å². The number of pyridine rings is 1. The van der Waals surface area contributed by atoms with E-state index in [0.29, 0.717) is 17.4 Å². The standard InChI is InChI=1S/C22H28N4O/c1-8-26-17-10-9-15(11-12-22(6,7)25-21(3,4)5)13-16(17)19-18(20(26)27)14(2)23-24-19/h9-10,13,25H,8H2,1-7H3,(H,23,24). The molecular weight excluding hydrogens is 336 g/mol. The molecule has 1 aromatic carbocycles. The third kappa shape index (κ3) is 3.77. The zero-order valence-corrected chi connectivity index (χ0v) is 17.2. The molecule has 0 fully saturated rings. The zero-order valence-electron chi connectivity index (χ0n) is 17.2. The molecule has 142 valence electrons. The summed E-state index contributed by atoms with van der Waals surface area (Å²) in [5, 5.41) is 12.5. The summed E-state index contributed by atoms with van der Waals surface area (Å²) in [6.07, 6.45) is 0. The Balaban J connectivity index is 2.17. The van der Waals surface area contributed by atoms with Crippen molar-refractivity contribution in [2.45, 2.75) is 66.1 Å². The van der Waals surface area contributed by atoms with Gasteiger partial charge in [-0.2, -0.15) is 5.10 Å². The summed E-state index contributed by atoms with van der Waals surface area (Å²) in [5.41, 5.74) is 2.99. The number of hydrogen-bond acceptors (Lipinski definition) is 3. The molecule has 0 unspecified atom stereocenters. The van der Waals surface area contributed by atoms with Crippen LogP contribution in [0.25, 0.3) is 21.8 Å². The Labute approximate surface area is 160 Å². The van der Waals surface area contributed by atoms with Crippen molar-refractivity contribution in [1.82, 2.24) is 20.1 Å².